The van der Waals surface area contributed by atoms with Crippen LogP contribution in [0.3, 0.4) is 0 Å². The summed E-state index contributed by atoms with van der Waals surface area (Å²) in [4.78, 5) is 27.2. The first kappa shape index (κ1) is 18.5. The Morgan fingerprint density at radius 3 is 2.81 bits per heavy atom. The van der Waals surface area contributed by atoms with Gasteiger partial charge in [-0.1, -0.05) is 11.6 Å². The Bertz CT molecular complexity index is 738. The molecule has 2 aromatic rings. The molecule has 3 rings (SSSR count). The highest BCUT2D eigenvalue weighted by Crippen LogP contribution is 2.27. The molecule has 1 aliphatic heterocycles. The molecular formula is C18H22ClN5O2. The number of rotatable bonds is 6. The maximum atomic E-state index is 12.1. The van der Waals surface area contributed by atoms with Gasteiger partial charge in [-0.25, -0.2) is 4.98 Å². The van der Waals surface area contributed by atoms with Crippen molar-refractivity contribution in [3.05, 3.63) is 47.1 Å². The zero-order chi connectivity index (χ0) is 18.5. The molecule has 26 heavy (non-hydrogen) atoms. The number of hydrogen-bond acceptors (Lipinski definition) is 6. The zero-order valence-corrected chi connectivity index (χ0v) is 15.4. The average Bonchev–Trinajstić information content (AvgIpc) is 2.67. The second kappa shape index (κ2) is 8.42. The van der Waals surface area contributed by atoms with E-state index in [2.05, 4.69) is 19.9 Å². The highest BCUT2D eigenvalue weighted by atomic mass is 35.5. The molecule has 1 unspecified atom stereocenters. The van der Waals surface area contributed by atoms with E-state index in [1.807, 2.05) is 6.07 Å². The third-order valence-electron chi connectivity index (χ3n) is 4.69. The number of ether oxygens (including phenoxy) is 1. The van der Waals surface area contributed by atoms with Gasteiger partial charge in [0.1, 0.15) is 0 Å². The fourth-order valence-electron chi connectivity index (χ4n) is 3.31. The van der Waals surface area contributed by atoms with Crippen LogP contribution in [0.15, 0.2) is 30.7 Å². The minimum Gasteiger partial charge on any atom is -0.480 e. The Balaban J connectivity index is 1.72. The Kier molecular flexibility index (Phi) is 6.00. The van der Waals surface area contributed by atoms with Gasteiger partial charge in [0, 0.05) is 30.8 Å². The molecule has 1 saturated heterocycles. The van der Waals surface area contributed by atoms with Gasteiger partial charge in [-0.2, -0.15) is 0 Å². The Morgan fingerprint density at radius 2 is 2.19 bits per heavy atom. The number of hydrogen-bond donors (Lipinski definition) is 1. The second-order valence-electron chi connectivity index (χ2n) is 6.41. The maximum absolute atomic E-state index is 12.1. The Hall–Kier alpha value is -2.25. The summed E-state index contributed by atoms with van der Waals surface area (Å²) in [6.07, 6.45) is 7.39. The van der Waals surface area contributed by atoms with Crippen molar-refractivity contribution in [3.8, 4) is 5.88 Å². The van der Waals surface area contributed by atoms with Crippen molar-refractivity contribution in [2.75, 3.05) is 20.2 Å². The normalized spacial score (nSPS) is 19.1. The molecule has 0 aliphatic carbocycles. The first-order chi connectivity index (χ1) is 12.6. The van der Waals surface area contributed by atoms with E-state index in [0.717, 1.165) is 30.8 Å². The van der Waals surface area contributed by atoms with E-state index in [9.17, 15) is 4.79 Å². The summed E-state index contributed by atoms with van der Waals surface area (Å²) in [7, 11) is 1.56. The van der Waals surface area contributed by atoms with Crippen molar-refractivity contribution in [1.29, 1.82) is 0 Å². The van der Waals surface area contributed by atoms with Crippen LogP contribution in [0.1, 0.15) is 30.1 Å². The first-order valence-corrected chi connectivity index (χ1v) is 8.94. The van der Waals surface area contributed by atoms with Gasteiger partial charge in [0.05, 0.1) is 36.3 Å². The predicted octanol–water partition coefficient (Wildman–Crippen LogP) is 1.81. The van der Waals surface area contributed by atoms with Crippen molar-refractivity contribution < 1.29 is 9.53 Å². The molecular weight excluding hydrogens is 354 g/mol. The summed E-state index contributed by atoms with van der Waals surface area (Å²) in [5.41, 5.74) is 7.39. The zero-order valence-electron chi connectivity index (χ0n) is 14.6. The Morgan fingerprint density at radius 1 is 1.35 bits per heavy atom. The molecule has 2 aromatic heterocycles. The number of methoxy groups -OCH3 is 1. The van der Waals surface area contributed by atoms with Crippen LogP contribution in [0.25, 0.3) is 0 Å². The molecule has 0 spiro atoms. The summed E-state index contributed by atoms with van der Waals surface area (Å²) >= 11 is 5.88. The lowest BCUT2D eigenvalue weighted by atomic mass is 9.93. The van der Waals surface area contributed by atoms with Gasteiger partial charge in [-0.3, -0.25) is 19.7 Å². The van der Waals surface area contributed by atoms with E-state index in [4.69, 9.17) is 22.1 Å². The summed E-state index contributed by atoms with van der Waals surface area (Å²) < 4.78 is 5.06. The van der Waals surface area contributed by atoms with Gasteiger partial charge in [0.25, 0.3) is 0 Å². The summed E-state index contributed by atoms with van der Waals surface area (Å²) in [5, 5.41) is 0.570. The van der Waals surface area contributed by atoms with Gasteiger partial charge in [0.2, 0.25) is 11.8 Å². The van der Waals surface area contributed by atoms with Crippen LogP contribution in [-0.4, -0.2) is 52.0 Å². The summed E-state index contributed by atoms with van der Waals surface area (Å²) in [5.74, 6) is 0.357. The lowest BCUT2D eigenvalue weighted by Gasteiger charge is -2.36. The number of pyridine rings is 1. The van der Waals surface area contributed by atoms with Crippen molar-refractivity contribution in [3.63, 3.8) is 0 Å². The minimum atomic E-state index is -0.405. The van der Waals surface area contributed by atoms with Crippen molar-refractivity contribution in [2.24, 2.45) is 5.73 Å². The molecule has 0 saturated carbocycles. The number of carbonyl (C=O) groups excluding carboxylic acids is 1. The molecule has 1 aliphatic rings. The molecule has 2 atom stereocenters. The van der Waals surface area contributed by atoms with E-state index in [1.165, 1.54) is 0 Å². The van der Waals surface area contributed by atoms with Gasteiger partial charge >= 0.3 is 0 Å². The molecule has 8 heteroatoms. The van der Waals surface area contributed by atoms with Crippen LogP contribution >= 0.6 is 11.6 Å². The number of halogens is 1. The average molecular weight is 376 g/mol. The van der Waals surface area contributed by atoms with Crippen LogP contribution < -0.4 is 10.5 Å². The lowest BCUT2D eigenvalue weighted by Crippen LogP contribution is -2.50. The summed E-state index contributed by atoms with van der Waals surface area (Å²) in [6.45, 7) is 1.53. The maximum Gasteiger partial charge on any atom is 0.235 e. The van der Waals surface area contributed by atoms with Crippen LogP contribution in [0.5, 0.6) is 5.88 Å². The van der Waals surface area contributed by atoms with Gasteiger partial charge in [-0.05, 0) is 31.5 Å². The smallest absolute Gasteiger partial charge is 0.235 e. The highest BCUT2D eigenvalue weighted by Gasteiger charge is 2.31. The molecule has 1 amide bonds. The topological polar surface area (TPSA) is 94.2 Å². The number of aromatic nitrogens is 3. The van der Waals surface area contributed by atoms with Crippen LogP contribution in [0, 0.1) is 0 Å². The van der Waals surface area contributed by atoms with Gasteiger partial charge in [-0.15, -0.1) is 0 Å². The highest BCUT2D eigenvalue weighted by molar-refractivity contribution is 6.30. The van der Waals surface area contributed by atoms with E-state index in [0.29, 0.717) is 23.9 Å². The van der Waals surface area contributed by atoms with Gasteiger partial charge < -0.3 is 10.5 Å². The SMILES string of the molecule is COc1cnc([C@H]2CCCN(C(Cc3ccc(Cl)cn3)C(N)=O)C2)cn1. The third kappa shape index (κ3) is 4.47. The number of nitrogens with two attached hydrogens (primary N) is 1. The van der Waals surface area contributed by atoms with Gasteiger partial charge in [0.15, 0.2) is 0 Å². The third-order valence-corrected chi connectivity index (χ3v) is 4.91. The van der Waals surface area contributed by atoms with Crippen LogP contribution in [-0.2, 0) is 11.2 Å². The largest absolute Gasteiger partial charge is 0.480 e. The number of carbonyl (C=O) groups is 1. The number of primary amides is 1. The fraction of sp³-hybridized carbons (Fsp3) is 0.444. The molecule has 138 valence electrons. The molecule has 1 fully saturated rings. The predicted molar refractivity (Wildman–Crippen MR) is 98.1 cm³/mol. The summed E-state index contributed by atoms with van der Waals surface area (Å²) in [6, 6.07) is 3.19. The van der Waals surface area contributed by atoms with Crippen LogP contribution in [0.4, 0.5) is 0 Å². The second-order valence-corrected chi connectivity index (χ2v) is 6.84. The van der Waals surface area contributed by atoms with Crippen molar-refractivity contribution >= 4 is 17.5 Å². The lowest BCUT2D eigenvalue weighted by molar-refractivity contribution is -0.123. The van der Waals surface area contributed by atoms with E-state index in [-0.39, 0.29) is 11.8 Å². The molecule has 3 heterocycles. The van der Waals surface area contributed by atoms with Crippen LogP contribution in [0.2, 0.25) is 5.02 Å². The molecule has 2 N–H and O–H groups in total. The van der Waals surface area contributed by atoms with E-state index in [1.54, 1.807) is 31.8 Å². The molecule has 0 radical (unpaired) electrons. The monoisotopic (exact) mass is 375 g/mol. The minimum absolute atomic E-state index is 0.210. The fourth-order valence-corrected chi connectivity index (χ4v) is 3.42. The standard InChI is InChI=1S/C18H22ClN5O2/c1-26-17-10-22-15(9-23-17)12-3-2-6-24(11-12)16(18(20)25)7-14-5-4-13(19)8-21-14/h4-5,8-10,12,16H,2-3,6-7,11H2,1H3,(H2,20,25)/t12-,16?/m0/s1. The van der Waals surface area contributed by atoms with Crippen molar-refractivity contribution in [1.82, 2.24) is 19.9 Å². The molecule has 0 aromatic carbocycles. The number of amides is 1. The number of piperidine rings is 1. The van der Waals surface area contributed by atoms with Crippen molar-refractivity contribution in [2.45, 2.75) is 31.2 Å². The number of likely N-dealkylation sites (tertiary alicyclic amines) is 1. The molecule has 7 nitrogen and oxygen atoms in total. The number of nitrogens with zero attached hydrogens (tertiary/aromatic N) is 4. The quantitative estimate of drug-likeness (QED) is 0.827. The van der Waals surface area contributed by atoms with E-state index >= 15 is 0 Å². The molecule has 0 bridgehead atoms. The Labute approximate surface area is 157 Å². The first-order valence-electron chi connectivity index (χ1n) is 8.56. The van der Waals surface area contributed by atoms with E-state index < -0.39 is 6.04 Å².